The summed E-state index contributed by atoms with van der Waals surface area (Å²) >= 11 is 6.23. The topological polar surface area (TPSA) is 86.3 Å². The predicted molar refractivity (Wildman–Crippen MR) is 46.4 cm³/mol. The summed E-state index contributed by atoms with van der Waals surface area (Å²) in [7, 11) is 0. The molecule has 0 amide bonds. The van der Waals surface area contributed by atoms with Crippen LogP contribution in [0.25, 0.3) is 5.43 Å². The first-order chi connectivity index (χ1) is 5.65. The Balaban J connectivity index is 0. The fourth-order valence-corrected chi connectivity index (χ4v) is 0.395. The van der Waals surface area contributed by atoms with Crippen molar-refractivity contribution in [2.75, 3.05) is 13.1 Å². The predicted octanol–water partition coefficient (Wildman–Crippen LogP) is -0.195. The zero-order valence-electron chi connectivity index (χ0n) is 6.19. The van der Waals surface area contributed by atoms with Crippen LogP contribution in [0.4, 0.5) is 0 Å². The second-order valence-corrected chi connectivity index (χ2v) is 3.00. The molecule has 0 saturated carbocycles. The quantitative estimate of drug-likeness (QED) is 0.365. The average molecular weight is 291 g/mol. The number of rotatable bonds is 0. The molecule has 0 aromatic carbocycles. The molecule has 70 valence electrons. The molecule has 0 aliphatic carbocycles. The number of hydrogen-bond donors (Lipinski definition) is 2. The van der Waals surface area contributed by atoms with Crippen molar-refractivity contribution in [2.24, 2.45) is 5.73 Å². The molecule has 0 aromatic heterocycles. The van der Waals surface area contributed by atoms with Crippen LogP contribution >= 0.6 is 12.2 Å². The zero-order chi connectivity index (χ0) is 9.82. The van der Waals surface area contributed by atoms with Crippen LogP contribution in [0.1, 0.15) is 6.42 Å². The van der Waals surface area contributed by atoms with Crippen LogP contribution in [0.5, 0.6) is 0 Å². The van der Waals surface area contributed by atoms with Crippen molar-refractivity contribution in [3.05, 3.63) is 5.43 Å². The van der Waals surface area contributed by atoms with E-state index in [1.165, 1.54) is 6.42 Å². The molecule has 0 unspecified atom stereocenters. The van der Waals surface area contributed by atoms with Gasteiger partial charge in [-0.25, -0.2) is 0 Å². The number of hydrogen-bond acceptors (Lipinski definition) is 5. The van der Waals surface area contributed by atoms with Gasteiger partial charge in [0.15, 0.2) is 0 Å². The van der Waals surface area contributed by atoms with Crippen molar-refractivity contribution in [3.8, 4) is 0 Å². The fourth-order valence-electron chi connectivity index (χ4n) is 0.395. The Kier molecular flexibility index (Phi) is 17.1. The van der Waals surface area contributed by atoms with Gasteiger partial charge in [0, 0.05) is 0 Å². The SMILES string of the molecule is C1C[N-]NC1.NC(=S)[S-].[O]=[Mo+2]=[O]. The van der Waals surface area contributed by atoms with Gasteiger partial charge in [0.05, 0.1) is 0 Å². The Morgan fingerprint density at radius 1 is 1.67 bits per heavy atom. The van der Waals surface area contributed by atoms with E-state index in [1.807, 2.05) is 0 Å². The van der Waals surface area contributed by atoms with E-state index < -0.39 is 18.5 Å². The van der Waals surface area contributed by atoms with E-state index in [-0.39, 0.29) is 4.32 Å². The molecule has 0 atom stereocenters. The molecule has 0 aromatic rings. The van der Waals surface area contributed by atoms with Gasteiger partial charge in [0.25, 0.3) is 0 Å². The Hall–Kier alpha value is 0.318. The molecule has 12 heavy (non-hydrogen) atoms. The summed E-state index contributed by atoms with van der Waals surface area (Å²) in [6.07, 6.45) is 1.22. The van der Waals surface area contributed by atoms with Crippen LogP contribution < -0.4 is 11.2 Å². The third-order valence-electron chi connectivity index (χ3n) is 0.670. The Morgan fingerprint density at radius 2 is 2.08 bits per heavy atom. The first-order valence-electron chi connectivity index (χ1n) is 2.92. The van der Waals surface area contributed by atoms with Crippen LogP contribution in [-0.2, 0) is 37.9 Å². The number of nitrogens with zero attached hydrogens (tertiary/aromatic N) is 1. The molecular weight excluding hydrogens is 282 g/mol. The van der Waals surface area contributed by atoms with Crippen molar-refractivity contribution in [3.63, 3.8) is 0 Å². The molecule has 1 fully saturated rings. The van der Waals surface area contributed by atoms with E-state index in [2.05, 4.69) is 41.4 Å². The van der Waals surface area contributed by atoms with Gasteiger partial charge in [0.2, 0.25) is 0 Å². The van der Waals surface area contributed by atoms with Gasteiger partial charge in [0.1, 0.15) is 0 Å². The molecule has 0 spiro atoms. The molecule has 1 aliphatic heterocycles. The summed E-state index contributed by atoms with van der Waals surface area (Å²) in [6.45, 7) is 2.10. The third kappa shape index (κ3) is 31.7. The van der Waals surface area contributed by atoms with E-state index in [9.17, 15) is 0 Å². The number of nitrogens with one attached hydrogen (secondary N) is 1. The molecule has 5 nitrogen and oxygen atoms in total. The van der Waals surface area contributed by atoms with Crippen LogP contribution in [0.15, 0.2) is 0 Å². The van der Waals surface area contributed by atoms with Gasteiger partial charge in [-0.2, -0.15) is 0 Å². The second kappa shape index (κ2) is 13.9. The van der Waals surface area contributed by atoms with Crippen molar-refractivity contribution < 1.29 is 25.3 Å². The summed E-state index contributed by atoms with van der Waals surface area (Å²) in [5, 5.41) is 0. The van der Waals surface area contributed by atoms with Crippen LogP contribution in [0, 0.1) is 0 Å². The molecular formula is C4H9MoN3O2S2. The maximum atomic E-state index is 8.50. The normalized spacial score (nSPS) is 12.7. The molecule has 1 aliphatic rings. The minimum absolute atomic E-state index is 0.0833. The first kappa shape index (κ1) is 14.8. The van der Waals surface area contributed by atoms with E-state index in [1.54, 1.807) is 0 Å². The van der Waals surface area contributed by atoms with Crippen molar-refractivity contribution >= 4 is 29.2 Å². The standard InChI is InChI=1S/C3H7N2.CH3NS2.Mo.2O/c1-2-4-5-3-1;2-1(3)4;;;/h4H,1-3H2;(H3,2,3,4);;;/q-1;;+2;;/p-1. The number of nitrogens with two attached hydrogens (primary N) is 1. The number of thiocarbonyl (C=S) groups is 1. The molecule has 1 heterocycles. The van der Waals surface area contributed by atoms with Crippen molar-refractivity contribution in [1.82, 2.24) is 5.43 Å². The summed E-state index contributed by atoms with van der Waals surface area (Å²) < 4.78 is 17.1. The molecule has 8 heteroatoms. The fraction of sp³-hybridized carbons (Fsp3) is 0.750. The van der Waals surface area contributed by atoms with E-state index >= 15 is 0 Å². The van der Waals surface area contributed by atoms with Crippen LogP contribution in [-0.4, -0.2) is 17.4 Å². The summed E-state index contributed by atoms with van der Waals surface area (Å²) in [5.41, 5.74) is 11.3. The Labute approximate surface area is 90.4 Å². The monoisotopic (exact) mass is 293 g/mol. The summed E-state index contributed by atoms with van der Waals surface area (Å²) in [5.74, 6) is 0. The van der Waals surface area contributed by atoms with Crippen LogP contribution in [0.2, 0.25) is 0 Å². The average Bonchev–Trinajstić information content (AvgIpc) is 2.40. The Bertz CT molecular complexity index is 136. The van der Waals surface area contributed by atoms with Gasteiger partial charge in [-0.1, -0.05) is 10.7 Å². The minimum atomic E-state index is -2.03. The van der Waals surface area contributed by atoms with Crippen molar-refractivity contribution in [1.29, 1.82) is 0 Å². The van der Waals surface area contributed by atoms with Gasteiger partial charge < -0.3 is 41.4 Å². The molecule has 1 rings (SSSR count). The molecule has 0 bridgehead atoms. The van der Waals surface area contributed by atoms with E-state index in [4.69, 9.17) is 6.80 Å². The molecule has 1 saturated heterocycles. The van der Waals surface area contributed by atoms with Crippen molar-refractivity contribution in [2.45, 2.75) is 6.42 Å². The Morgan fingerprint density at radius 3 is 2.17 bits per heavy atom. The van der Waals surface area contributed by atoms with Gasteiger partial charge in [-0.15, -0.1) is 6.54 Å². The van der Waals surface area contributed by atoms with Gasteiger partial charge >= 0.3 is 25.3 Å². The molecule has 0 radical (unpaired) electrons. The zero-order valence-corrected chi connectivity index (χ0v) is 9.83. The second-order valence-electron chi connectivity index (χ2n) is 1.53. The molecule has 3 N–H and O–H groups in total. The maximum absolute atomic E-state index is 8.50. The van der Waals surface area contributed by atoms with E-state index in [0.717, 1.165) is 13.1 Å². The first-order valence-corrected chi connectivity index (χ1v) is 5.38. The summed E-state index contributed by atoms with van der Waals surface area (Å²) in [4.78, 5) is 0. The van der Waals surface area contributed by atoms with Gasteiger partial charge in [-0.3, -0.25) is 0 Å². The van der Waals surface area contributed by atoms with E-state index in [0.29, 0.717) is 0 Å². The third-order valence-corrected chi connectivity index (χ3v) is 0.670. The van der Waals surface area contributed by atoms with Gasteiger partial charge in [-0.05, 0) is 6.54 Å². The summed E-state index contributed by atoms with van der Waals surface area (Å²) in [6, 6.07) is 0. The van der Waals surface area contributed by atoms with Crippen LogP contribution in [0.3, 0.4) is 0 Å².